The Labute approximate surface area is 222 Å². The van der Waals surface area contributed by atoms with Gasteiger partial charge in [-0.15, -0.1) is 0 Å². The largest absolute Gasteiger partial charge is 0.497 e. The maximum atomic E-state index is 16.1. The maximum Gasteiger partial charge on any atom is 0.296 e. The van der Waals surface area contributed by atoms with Crippen LogP contribution in [-0.2, 0) is 9.72 Å². The first-order chi connectivity index (χ1) is 18.6. The molecular weight excluding hydrogens is 491 g/mol. The zero-order valence-corrected chi connectivity index (χ0v) is 22.1. The van der Waals surface area contributed by atoms with Gasteiger partial charge in [0, 0.05) is 5.56 Å². The summed E-state index contributed by atoms with van der Waals surface area (Å²) in [6.45, 7) is 0. The van der Waals surface area contributed by atoms with E-state index in [1.54, 1.807) is 14.2 Å². The van der Waals surface area contributed by atoms with E-state index in [2.05, 4.69) is 0 Å². The molecule has 0 N–H and O–H groups in total. The molecule has 5 aromatic rings. The monoisotopic (exact) mass is 518 g/mol. The van der Waals surface area contributed by atoms with Gasteiger partial charge in [-0.05, 0) is 58.7 Å². The van der Waals surface area contributed by atoms with Gasteiger partial charge in [0.05, 0.1) is 19.5 Å². The van der Waals surface area contributed by atoms with Crippen molar-refractivity contribution in [3.8, 4) is 28.4 Å². The molecule has 0 radical (unpaired) electrons. The topological polar surface area (TPSA) is 44.8 Å². The fraction of sp³-hybridized carbons (Fsp3) is 0.0909. The van der Waals surface area contributed by atoms with Gasteiger partial charge in [-0.3, -0.25) is 4.57 Å². The van der Waals surface area contributed by atoms with Crippen molar-refractivity contribution in [1.82, 2.24) is 0 Å². The fourth-order valence-electron chi connectivity index (χ4n) is 5.52. The van der Waals surface area contributed by atoms with Gasteiger partial charge in [0.15, 0.2) is 0 Å². The second kappa shape index (κ2) is 9.55. The maximum absolute atomic E-state index is 16.1. The molecule has 38 heavy (non-hydrogen) atoms. The second-order valence-electron chi connectivity index (χ2n) is 9.19. The summed E-state index contributed by atoms with van der Waals surface area (Å²) >= 11 is 0. The van der Waals surface area contributed by atoms with Gasteiger partial charge in [-0.2, -0.15) is 0 Å². The Hall–Kier alpha value is -4.27. The van der Waals surface area contributed by atoms with E-state index in [1.807, 2.05) is 127 Å². The number of rotatable bonds is 6. The third-order valence-corrected chi connectivity index (χ3v) is 10.4. The van der Waals surface area contributed by atoms with E-state index >= 15 is 4.57 Å². The molecule has 6 rings (SSSR count). The van der Waals surface area contributed by atoms with Crippen LogP contribution < -0.4 is 19.3 Å². The number of para-hydroxylation sites is 1. The Kier molecular flexibility index (Phi) is 6.06. The summed E-state index contributed by atoms with van der Waals surface area (Å²) in [5.41, 5.74) is 4.40. The van der Waals surface area contributed by atoms with E-state index < -0.39 is 12.5 Å². The van der Waals surface area contributed by atoms with Crippen LogP contribution >= 0.6 is 7.37 Å². The van der Waals surface area contributed by atoms with Crippen LogP contribution in [0.15, 0.2) is 127 Å². The van der Waals surface area contributed by atoms with Crippen molar-refractivity contribution < 1.29 is 18.6 Å². The zero-order chi connectivity index (χ0) is 26.2. The lowest BCUT2D eigenvalue weighted by atomic mass is 9.84. The fourth-order valence-corrected chi connectivity index (χ4v) is 8.81. The summed E-state index contributed by atoms with van der Waals surface area (Å²) in [6, 6.07) is 41.3. The molecule has 0 saturated heterocycles. The van der Waals surface area contributed by atoms with Crippen LogP contribution in [0.2, 0.25) is 0 Å². The molecule has 5 aromatic carbocycles. The summed E-state index contributed by atoms with van der Waals surface area (Å²) in [5.74, 6) is 2.05. The van der Waals surface area contributed by atoms with Crippen molar-refractivity contribution >= 4 is 12.7 Å². The van der Waals surface area contributed by atoms with Crippen LogP contribution in [0.3, 0.4) is 0 Å². The van der Waals surface area contributed by atoms with Crippen LogP contribution in [0, 0.1) is 0 Å². The predicted molar refractivity (Wildman–Crippen MR) is 152 cm³/mol. The van der Waals surface area contributed by atoms with E-state index in [1.165, 1.54) is 0 Å². The van der Waals surface area contributed by atoms with Crippen molar-refractivity contribution in [2.24, 2.45) is 0 Å². The van der Waals surface area contributed by atoms with Crippen LogP contribution in [0.4, 0.5) is 0 Å². The van der Waals surface area contributed by atoms with Crippen LogP contribution in [0.5, 0.6) is 17.2 Å². The zero-order valence-electron chi connectivity index (χ0n) is 21.2. The molecule has 0 saturated carbocycles. The summed E-state index contributed by atoms with van der Waals surface area (Å²) in [6.07, 6.45) is 0. The Bertz CT molecular complexity index is 1580. The highest BCUT2D eigenvalue weighted by molar-refractivity contribution is 7.69. The van der Waals surface area contributed by atoms with E-state index in [0.29, 0.717) is 11.1 Å². The average molecular weight is 519 g/mol. The first kappa shape index (κ1) is 24.1. The lowest BCUT2D eigenvalue weighted by Gasteiger charge is -2.44. The Morgan fingerprint density at radius 3 is 1.61 bits per heavy atom. The van der Waals surface area contributed by atoms with E-state index in [9.17, 15) is 0 Å². The van der Waals surface area contributed by atoms with Crippen molar-refractivity contribution in [3.05, 3.63) is 144 Å². The molecule has 0 aromatic heterocycles. The van der Waals surface area contributed by atoms with Crippen molar-refractivity contribution in [2.45, 2.75) is 5.16 Å². The number of ether oxygens (including phenoxy) is 2. The Balaban J connectivity index is 1.76. The van der Waals surface area contributed by atoms with Gasteiger partial charge in [-0.25, -0.2) is 0 Å². The van der Waals surface area contributed by atoms with Crippen molar-refractivity contribution in [3.63, 3.8) is 0 Å². The first-order valence-corrected chi connectivity index (χ1v) is 14.1. The molecule has 0 bridgehead atoms. The number of hydrogen-bond donors (Lipinski definition) is 0. The van der Waals surface area contributed by atoms with Gasteiger partial charge in [0.1, 0.15) is 22.4 Å². The van der Waals surface area contributed by atoms with E-state index in [4.69, 9.17) is 14.0 Å². The minimum atomic E-state index is -3.77. The van der Waals surface area contributed by atoms with Crippen LogP contribution in [-0.4, -0.2) is 14.2 Å². The smallest absolute Gasteiger partial charge is 0.296 e. The minimum Gasteiger partial charge on any atom is -0.497 e. The molecule has 0 spiro atoms. The van der Waals surface area contributed by atoms with Gasteiger partial charge < -0.3 is 14.0 Å². The molecule has 0 fully saturated rings. The second-order valence-corrected chi connectivity index (χ2v) is 11.6. The highest BCUT2D eigenvalue weighted by Gasteiger charge is 2.57. The predicted octanol–water partition coefficient (Wildman–Crippen LogP) is 7.66. The summed E-state index contributed by atoms with van der Waals surface area (Å²) < 4.78 is 33.8. The molecule has 4 nitrogen and oxygen atoms in total. The van der Waals surface area contributed by atoms with Crippen molar-refractivity contribution in [1.29, 1.82) is 0 Å². The summed E-state index contributed by atoms with van der Waals surface area (Å²) in [7, 11) is -0.489. The molecule has 1 atom stereocenters. The highest BCUT2D eigenvalue weighted by Crippen LogP contribution is 2.71. The standard InChI is InChI=1S/C33H27O4P/c1-35-27-20-16-25(17-21-27)33(24-10-4-3-5-11-24,26-18-22-28(36-2)23-19-26)38(34)32-15-9-7-13-30(32)29-12-6-8-14-31(29)37-38/h3-23H,1-2H3. The number of hydrogen-bond acceptors (Lipinski definition) is 4. The molecule has 1 aliphatic rings. The van der Waals surface area contributed by atoms with Crippen LogP contribution in [0.25, 0.3) is 11.1 Å². The molecule has 1 unspecified atom stereocenters. The number of benzene rings is 5. The van der Waals surface area contributed by atoms with Gasteiger partial charge in [0.2, 0.25) is 0 Å². The van der Waals surface area contributed by atoms with Gasteiger partial charge in [-0.1, -0.05) is 91.0 Å². The molecule has 0 aliphatic carbocycles. The van der Waals surface area contributed by atoms with E-state index in [-0.39, 0.29) is 0 Å². The molecule has 188 valence electrons. The number of fused-ring (bicyclic) bond motifs is 3. The van der Waals surface area contributed by atoms with E-state index in [0.717, 1.165) is 39.3 Å². The molecule has 5 heteroatoms. The lowest BCUT2D eigenvalue weighted by molar-refractivity contribution is 0.414. The summed E-state index contributed by atoms with van der Waals surface area (Å²) in [5, 5.41) is -0.481. The highest BCUT2D eigenvalue weighted by atomic mass is 31.2. The normalized spacial score (nSPS) is 16.1. The molecule has 1 heterocycles. The Morgan fingerprint density at radius 2 is 1.03 bits per heavy atom. The van der Waals surface area contributed by atoms with Crippen LogP contribution in [0.1, 0.15) is 16.7 Å². The quantitative estimate of drug-likeness (QED) is 0.171. The molecule has 0 amide bonds. The average Bonchev–Trinajstić information content (AvgIpc) is 2.99. The van der Waals surface area contributed by atoms with Gasteiger partial charge in [0.25, 0.3) is 7.37 Å². The minimum absolute atomic E-state index is 0.608. The SMILES string of the molecule is COc1ccc(C(c2ccccc2)(c2ccc(OC)cc2)P2(=O)Oc3ccccc3-c3ccccc32)cc1. The van der Waals surface area contributed by atoms with Crippen molar-refractivity contribution in [2.75, 3.05) is 14.2 Å². The first-order valence-electron chi connectivity index (χ1n) is 12.4. The Morgan fingerprint density at radius 1 is 0.553 bits per heavy atom. The molecule has 1 aliphatic heterocycles. The molecular formula is C33H27O4P. The lowest BCUT2D eigenvalue weighted by Crippen LogP contribution is -2.37. The third kappa shape index (κ3) is 3.56. The number of methoxy groups -OCH3 is 2. The van der Waals surface area contributed by atoms with Gasteiger partial charge >= 0.3 is 0 Å². The summed E-state index contributed by atoms with van der Waals surface area (Å²) in [4.78, 5) is 0. The third-order valence-electron chi connectivity index (χ3n) is 7.27.